The minimum absolute atomic E-state index is 0.210. The number of ether oxygens (including phenoxy) is 2. The second-order valence-electron chi connectivity index (χ2n) is 13.6. The lowest BCUT2D eigenvalue weighted by Crippen LogP contribution is -2.51. The zero-order valence-corrected chi connectivity index (χ0v) is 30.2. The molecule has 0 bridgehead atoms. The van der Waals surface area contributed by atoms with Crippen LogP contribution in [-0.4, -0.2) is 68.0 Å². The molecule has 4 N–H and O–H groups in total. The van der Waals surface area contributed by atoms with Gasteiger partial charge in [-0.05, 0) is 48.9 Å². The van der Waals surface area contributed by atoms with Crippen LogP contribution in [0.1, 0.15) is 60.5 Å². The van der Waals surface area contributed by atoms with Crippen molar-refractivity contribution < 1.29 is 28.3 Å². The maximum Gasteiger partial charge on any atom is 0.410 e. The van der Waals surface area contributed by atoms with Crippen LogP contribution in [0.25, 0.3) is 34.2 Å². The molecule has 2 aliphatic rings. The topological polar surface area (TPSA) is 180 Å². The van der Waals surface area contributed by atoms with Crippen LogP contribution in [-0.2, 0) is 26.4 Å². The van der Waals surface area contributed by atoms with Crippen LogP contribution in [0.3, 0.4) is 0 Å². The molecule has 3 aromatic carbocycles. The first-order valence-electron chi connectivity index (χ1n) is 18.3. The van der Waals surface area contributed by atoms with Crippen LogP contribution < -0.4 is 10.6 Å². The van der Waals surface area contributed by atoms with Gasteiger partial charge in [0.15, 0.2) is 11.5 Å². The highest BCUT2D eigenvalue weighted by atomic mass is 16.6. The maximum absolute atomic E-state index is 14.3. The van der Waals surface area contributed by atoms with Gasteiger partial charge in [0.05, 0.1) is 37.4 Å². The molecular weight excluding hydrogens is 701 g/mol. The molecule has 0 unspecified atom stereocenters. The van der Waals surface area contributed by atoms with Gasteiger partial charge in [-0.25, -0.2) is 24.5 Å². The summed E-state index contributed by atoms with van der Waals surface area (Å²) in [6.45, 7) is 1.42. The standard InChI is InChI=1S/C41H40N8O6/c1-53-39(51)48-34(29-12-6-3-7-13-29)35(50)41(19-9-20-45-41)38-44-22-30(47-38)27-15-17-28(18-16-27)33-24-43-37(55-33)31-23-42-36(46-31)32-14-8-21-49(32)40(52)54-25-26-10-4-2-5-11-26/h2-7,10-13,15-18,22-24,32,34,45H,8-9,14,19-21,25H2,1H3,(H,42,46)(H,44,47)(H,48,51)/t32-,34+,41+/m0/s1. The van der Waals surface area contributed by atoms with E-state index < -0.39 is 17.7 Å². The molecule has 2 amide bonds. The molecule has 3 atom stereocenters. The number of hydrogen-bond donors (Lipinski definition) is 4. The normalized spacial score (nSPS) is 18.6. The van der Waals surface area contributed by atoms with Crippen molar-refractivity contribution in [3.05, 3.63) is 126 Å². The Labute approximate surface area is 316 Å². The third-order valence-electron chi connectivity index (χ3n) is 10.2. The van der Waals surface area contributed by atoms with Gasteiger partial charge in [0, 0.05) is 12.1 Å². The van der Waals surface area contributed by atoms with E-state index >= 15 is 0 Å². The number of methoxy groups -OCH3 is 1. The highest BCUT2D eigenvalue weighted by molar-refractivity contribution is 5.96. The second-order valence-corrected chi connectivity index (χ2v) is 13.6. The van der Waals surface area contributed by atoms with Gasteiger partial charge in [-0.3, -0.25) is 15.0 Å². The lowest BCUT2D eigenvalue weighted by atomic mass is 9.84. The summed E-state index contributed by atoms with van der Waals surface area (Å²) >= 11 is 0. The molecule has 280 valence electrons. The number of imidazole rings is 2. The van der Waals surface area contributed by atoms with Crippen molar-refractivity contribution >= 4 is 18.0 Å². The quantitative estimate of drug-likeness (QED) is 0.110. The molecule has 5 heterocycles. The summed E-state index contributed by atoms with van der Waals surface area (Å²) in [6.07, 6.45) is 6.86. The Bertz CT molecular complexity index is 2260. The number of rotatable bonds is 11. The number of H-pyrrole nitrogens is 2. The average Bonchev–Trinajstić information content (AvgIpc) is 4.09. The Balaban J connectivity index is 0.955. The van der Waals surface area contributed by atoms with Crippen LogP contribution >= 0.6 is 0 Å². The molecule has 0 spiro atoms. The van der Waals surface area contributed by atoms with Crippen LogP contribution in [0.15, 0.2) is 108 Å². The van der Waals surface area contributed by atoms with Crippen molar-refractivity contribution in [1.29, 1.82) is 0 Å². The number of likely N-dealkylation sites (tertiary alicyclic amines) is 1. The summed E-state index contributed by atoms with van der Waals surface area (Å²) in [7, 11) is 1.27. The number of alkyl carbamates (subject to hydrolysis) is 1. The van der Waals surface area contributed by atoms with Gasteiger partial charge in [-0.2, -0.15) is 0 Å². The van der Waals surface area contributed by atoms with Crippen molar-refractivity contribution in [3.63, 3.8) is 0 Å². The van der Waals surface area contributed by atoms with Crippen LogP contribution in [0.4, 0.5) is 9.59 Å². The van der Waals surface area contributed by atoms with Gasteiger partial charge in [0.1, 0.15) is 35.5 Å². The van der Waals surface area contributed by atoms with Gasteiger partial charge in [-0.15, -0.1) is 0 Å². The first-order chi connectivity index (χ1) is 26.9. The summed E-state index contributed by atoms with van der Waals surface area (Å²) < 4.78 is 16.6. The number of nitrogens with zero attached hydrogens (tertiary/aromatic N) is 4. The van der Waals surface area contributed by atoms with E-state index in [1.54, 1.807) is 35.6 Å². The zero-order valence-electron chi connectivity index (χ0n) is 30.2. The minimum atomic E-state index is -1.13. The molecule has 55 heavy (non-hydrogen) atoms. The van der Waals surface area contributed by atoms with Crippen LogP contribution in [0.2, 0.25) is 0 Å². The fourth-order valence-corrected chi connectivity index (χ4v) is 7.36. The van der Waals surface area contributed by atoms with Gasteiger partial charge >= 0.3 is 12.2 Å². The Hall–Kier alpha value is -6.54. The van der Waals surface area contributed by atoms with Crippen LogP contribution in [0.5, 0.6) is 0 Å². The highest BCUT2D eigenvalue weighted by Gasteiger charge is 2.48. The summed E-state index contributed by atoms with van der Waals surface area (Å²) in [5.41, 5.74) is 3.45. The third-order valence-corrected chi connectivity index (χ3v) is 10.2. The second kappa shape index (κ2) is 15.4. The van der Waals surface area contributed by atoms with E-state index in [1.807, 2.05) is 72.8 Å². The lowest BCUT2D eigenvalue weighted by molar-refractivity contribution is -0.127. The Kier molecular flexibility index (Phi) is 9.96. The number of carbonyl (C=O) groups is 3. The van der Waals surface area contributed by atoms with E-state index in [4.69, 9.17) is 13.9 Å². The number of oxazole rings is 1. The molecule has 2 fully saturated rings. The van der Waals surface area contributed by atoms with Crippen molar-refractivity contribution in [2.45, 2.75) is 49.9 Å². The van der Waals surface area contributed by atoms with E-state index in [2.05, 4.69) is 35.6 Å². The zero-order chi connectivity index (χ0) is 37.8. The van der Waals surface area contributed by atoms with Crippen molar-refractivity contribution in [3.8, 4) is 34.2 Å². The van der Waals surface area contributed by atoms with E-state index in [9.17, 15) is 14.4 Å². The number of ketones is 1. The summed E-state index contributed by atoms with van der Waals surface area (Å²) in [6, 6.07) is 25.3. The number of benzene rings is 3. The van der Waals surface area contributed by atoms with E-state index in [-0.39, 0.29) is 24.5 Å². The van der Waals surface area contributed by atoms with Crippen molar-refractivity contribution in [2.75, 3.05) is 20.2 Å². The maximum atomic E-state index is 14.3. The molecule has 0 saturated carbocycles. The van der Waals surface area contributed by atoms with E-state index in [1.165, 1.54) is 7.11 Å². The van der Waals surface area contributed by atoms with E-state index in [0.717, 1.165) is 41.6 Å². The molecule has 0 radical (unpaired) electrons. The third kappa shape index (κ3) is 7.23. The predicted octanol–water partition coefficient (Wildman–Crippen LogP) is 6.84. The molecular formula is C41H40N8O6. The molecule has 14 heteroatoms. The van der Waals surface area contributed by atoms with Crippen molar-refractivity contribution in [1.82, 2.24) is 40.5 Å². The largest absolute Gasteiger partial charge is 0.453 e. The van der Waals surface area contributed by atoms with Gasteiger partial charge in [-0.1, -0.05) is 84.9 Å². The summed E-state index contributed by atoms with van der Waals surface area (Å²) in [5, 5.41) is 6.11. The fraction of sp³-hybridized carbons (Fsp3) is 0.268. The predicted molar refractivity (Wildman–Crippen MR) is 201 cm³/mol. The van der Waals surface area contributed by atoms with Crippen molar-refractivity contribution in [2.24, 2.45) is 0 Å². The summed E-state index contributed by atoms with van der Waals surface area (Å²) in [4.78, 5) is 61.8. The minimum Gasteiger partial charge on any atom is -0.453 e. The first-order valence-corrected chi connectivity index (χ1v) is 18.3. The number of aromatic amines is 2. The number of carbonyl (C=O) groups excluding carboxylic acids is 3. The van der Waals surface area contributed by atoms with Crippen LogP contribution in [0, 0.1) is 0 Å². The first kappa shape index (κ1) is 35.5. The van der Waals surface area contributed by atoms with Gasteiger partial charge in [0.25, 0.3) is 0 Å². The highest BCUT2D eigenvalue weighted by Crippen LogP contribution is 2.37. The summed E-state index contributed by atoms with van der Waals surface area (Å²) in [5.74, 6) is 1.84. The Morgan fingerprint density at radius 1 is 0.891 bits per heavy atom. The molecule has 14 nitrogen and oxygen atoms in total. The number of nitrogens with one attached hydrogen (secondary N) is 4. The molecule has 0 aliphatic carbocycles. The SMILES string of the molecule is COC(=O)N[C@@H](C(=O)[C@@]1(c2ncc(-c3ccc(-c4cnc(-c5cnc([C@@H]6CCCN6C(=O)OCc6ccccc6)[nH]5)o4)cc3)[nH]2)CCCN1)c1ccccc1. The molecule has 2 aliphatic heterocycles. The molecule has 3 aromatic heterocycles. The number of Topliss-reactive ketones (excluding diaryl/α,β-unsaturated/α-hetero) is 1. The monoisotopic (exact) mass is 740 g/mol. The van der Waals surface area contributed by atoms with E-state index in [0.29, 0.717) is 54.1 Å². The Morgan fingerprint density at radius 3 is 2.38 bits per heavy atom. The number of aromatic nitrogens is 5. The fourth-order valence-electron chi connectivity index (χ4n) is 7.36. The average molecular weight is 741 g/mol. The molecule has 6 aromatic rings. The number of amides is 2. The Morgan fingerprint density at radius 2 is 1.64 bits per heavy atom. The van der Waals surface area contributed by atoms with Gasteiger partial charge < -0.3 is 29.2 Å². The molecule has 2 saturated heterocycles. The number of hydrogen-bond acceptors (Lipinski definition) is 10. The smallest absolute Gasteiger partial charge is 0.410 e. The lowest BCUT2D eigenvalue weighted by Gasteiger charge is -2.30. The van der Waals surface area contributed by atoms with Gasteiger partial charge in [0.2, 0.25) is 5.89 Å². The molecule has 8 rings (SSSR count).